The number of halogens is 1. The second-order valence-corrected chi connectivity index (χ2v) is 4.51. The molecule has 0 aliphatic carbocycles. The van der Waals surface area contributed by atoms with Crippen molar-refractivity contribution in [3.8, 4) is 0 Å². The van der Waals surface area contributed by atoms with Crippen LogP contribution in [0.25, 0.3) is 0 Å². The summed E-state index contributed by atoms with van der Waals surface area (Å²) >= 11 is 0. The maximum Gasteiger partial charge on any atom is 0.123 e. The number of rotatable bonds is 9. The minimum Gasteiger partial charge on any atom is -0.382 e. The van der Waals surface area contributed by atoms with Crippen LogP contribution in [0.5, 0.6) is 0 Å². The Morgan fingerprint density at radius 3 is 2.68 bits per heavy atom. The second-order valence-electron chi connectivity index (χ2n) is 4.51. The highest BCUT2D eigenvalue weighted by atomic mass is 19.1. The predicted molar refractivity (Wildman–Crippen MR) is 74.9 cm³/mol. The molecule has 0 saturated carbocycles. The molecule has 4 heteroatoms. The van der Waals surface area contributed by atoms with Crippen LogP contribution >= 0.6 is 0 Å². The van der Waals surface area contributed by atoms with Crippen molar-refractivity contribution in [2.24, 2.45) is 0 Å². The van der Waals surface area contributed by atoms with Crippen molar-refractivity contribution in [3.05, 3.63) is 35.1 Å². The fourth-order valence-corrected chi connectivity index (χ4v) is 2.09. The highest BCUT2D eigenvalue weighted by molar-refractivity contribution is 5.29. The minimum atomic E-state index is -0.187. The predicted octanol–water partition coefficient (Wildman–Crippen LogP) is 2.84. The van der Waals surface area contributed by atoms with Gasteiger partial charge in [0, 0.05) is 19.8 Å². The van der Waals surface area contributed by atoms with Crippen molar-refractivity contribution in [3.63, 3.8) is 0 Å². The Morgan fingerprint density at radius 1 is 1.26 bits per heavy atom. The third kappa shape index (κ3) is 5.68. The lowest BCUT2D eigenvalue weighted by Crippen LogP contribution is -2.23. The van der Waals surface area contributed by atoms with E-state index < -0.39 is 0 Å². The first-order chi connectivity index (χ1) is 9.19. The average molecular weight is 269 g/mol. The second kappa shape index (κ2) is 9.02. The fraction of sp³-hybridized carbons (Fsp3) is 0.600. The van der Waals surface area contributed by atoms with Gasteiger partial charge in [0.2, 0.25) is 0 Å². The van der Waals surface area contributed by atoms with Crippen LogP contribution in [0, 0.1) is 12.7 Å². The third-order valence-electron chi connectivity index (χ3n) is 3.04. The van der Waals surface area contributed by atoms with E-state index in [9.17, 15) is 4.39 Å². The monoisotopic (exact) mass is 269 g/mol. The third-order valence-corrected chi connectivity index (χ3v) is 3.04. The Bertz CT molecular complexity index is 371. The molecule has 0 spiro atoms. The van der Waals surface area contributed by atoms with Gasteiger partial charge in [-0.1, -0.05) is 13.0 Å². The van der Waals surface area contributed by atoms with Gasteiger partial charge in [0.1, 0.15) is 5.82 Å². The van der Waals surface area contributed by atoms with Crippen LogP contribution < -0.4 is 5.32 Å². The Kier molecular flexibility index (Phi) is 7.63. The first-order valence-corrected chi connectivity index (χ1v) is 6.75. The number of nitrogens with one attached hydrogen (secondary N) is 1. The molecular weight excluding hydrogens is 245 g/mol. The summed E-state index contributed by atoms with van der Waals surface area (Å²) in [6, 6.07) is 5.14. The van der Waals surface area contributed by atoms with Gasteiger partial charge in [-0.3, -0.25) is 0 Å². The summed E-state index contributed by atoms with van der Waals surface area (Å²) in [5.74, 6) is -0.187. The van der Waals surface area contributed by atoms with E-state index in [-0.39, 0.29) is 11.9 Å². The van der Waals surface area contributed by atoms with Crippen molar-refractivity contribution >= 4 is 0 Å². The Hall–Kier alpha value is -0.970. The van der Waals surface area contributed by atoms with E-state index in [1.54, 1.807) is 13.2 Å². The summed E-state index contributed by atoms with van der Waals surface area (Å²) in [6.45, 7) is 6.77. The van der Waals surface area contributed by atoms with E-state index in [1.807, 2.05) is 13.0 Å². The molecule has 0 radical (unpaired) electrons. The average Bonchev–Trinajstić information content (AvgIpc) is 2.38. The number of benzene rings is 1. The van der Waals surface area contributed by atoms with Crippen LogP contribution in [0.3, 0.4) is 0 Å². The van der Waals surface area contributed by atoms with Gasteiger partial charge in [-0.15, -0.1) is 0 Å². The molecule has 0 amide bonds. The van der Waals surface area contributed by atoms with Crippen molar-refractivity contribution in [2.75, 3.05) is 33.5 Å². The van der Waals surface area contributed by atoms with E-state index in [4.69, 9.17) is 9.47 Å². The van der Waals surface area contributed by atoms with Gasteiger partial charge in [-0.25, -0.2) is 4.39 Å². The summed E-state index contributed by atoms with van der Waals surface area (Å²) in [6.07, 6.45) is 0.865. The summed E-state index contributed by atoms with van der Waals surface area (Å²) in [5, 5.41) is 3.42. The van der Waals surface area contributed by atoms with Crippen molar-refractivity contribution in [1.82, 2.24) is 5.32 Å². The van der Waals surface area contributed by atoms with Crippen molar-refractivity contribution < 1.29 is 13.9 Å². The minimum absolute atomic E-state index is 0.187. The molecule has 0 bridgehead atoms. The zero-order chi connectivity index (χ0) is 14.1. The maximum absolute atomic E-state index is 13.1. The van der Waals surface area contributed by atoms with Gasteiger partial charge in [0.15, 0.2) is 0 Å². The molecular formula is C15H24FNO2. The molecule has 0 aliphatic heterocycles. The number of aryl methyl sites for hydroxylation is 1. The quantitative estimate of drug-likeness (QED) is 0.699. The Morgan fingerprint density at radius 2 is 2.05 bits per heavy atom. The number of methoxy groups -OCH3 is 1. The highest BCUT2D eigenvalue weighted by Crippen LogP contribution is 2.21. The molecule has 1 aromatic carbocycles. The summed E-state index contributed by atoms with van der Waals surface area (Å²) in [4.78, 5) is 0. The van der Waals surface area contributed by atoms with E-state index >= 15 is 0 Å². The molecule has 3 nitrogen and oxygen atoms in total. The topological polar surface area (TPSA) is 30.5 Å². The lowest BCUT2D eigenvalue weighted by molar-refractivity contribution is 0.0658. The molecule has 0 saturated heterocycles. The lowest BCUT2D eigenvalue weighted by atomic mass is 9.99. The summed E-state index contributed by atoms with van der Waals surface area (Å²) in [5.41, 5.74) is 2.11. The van der Waals surface area contributed by atoms with Gasteiger partial charge in [0.25, 0.3) is 0 Å². The summed E-state index contributed by atoms with van der Waals surface area (Å²) < 4.78 is 23.6. The van der Waals surface area contributed by atoms with Crippen molar-refractivity contribution in [1.29, 1.82) is 0 Å². The zero-order valence-electron chi connectivity index (χ0n) is 12.0. The van der Waals surface area contributed by atoms with Gasteiger partial charge in [-0.2, -0.15) is 0 Å². The zero-order valence-corrected chi connectivity index (χ0v) is 12.0. The fourth-order valence-electron chi connectivity index (χ4n) is 2.09. The van der Waals surface area contributed by atoms with Crippen LogP contribution in [0.15, 0.2) is 18.2 Å². The van der Waals surface area contributed by atoms with Crippen LogP contribution in [0.2, 0.25) is 0 Å². The molecule has 0 heterocycles. The van der Waals surface area contributed by atoms with Crippen LogP contribution in [-0.2, 0) is 9.47 Å². The standard InChI is InChI=1S/C15H24FNO2/c1-4-17-15(7-8-19-10-9-18-3)14-6-5-13(16)11-12(14)2/h5-6,11,15,17H,4,7-10H2,1-3H3. The first-order valence-electron chi connectivity index (χ1n) is 6.75. The molecule has 0 aliphatic rings. The number of hydrogen-bond donors (Lipinski definition) is 1. The SMILES string of the molecule is CCNC(CCOCCOC)c1ccc(F)cc1C. The van der Waals surface area contributed by atoms with E-state index in [2.05, 4.69) is 12.2 Å². The van der Waals surface area contributed by atoms with Crippen LogP contribution in [0.4, 0.5) is 4.39 Å². The molecule has 108 valence electrons. The van der Waals surface area contributed by atoms with E-state index in [0.29, 0.717) is 19.8 Å². The van der Waals surface area contributed by atoms with Gasteiger partial charge in [-0.05, 0) is 43.1 Å². The Labute approximate surface area is 115 Å². The molecule has 19 heavy (non-hydrogen) atoms. The number of ether oxygens (including phenoxy) is 2. The smallest absolute Gasteiger partial charge is 0.123 e. The van der Waals surface area contributed by atoms with Gasteiger partial charge in [0.05, 0.1) is 13.2 Å². The van der Waals surface area contributed by atoms with Crippen LogP contribution in [-0.4, -0.2) is 33.5 Å². The maximum atomic E-state index is 13.1. The Balaban J connectivity index is 2.55. The molecule has 0 aromatic heterocycles. The molecule has 1 aromatic rings. The highest BCUT2D eigenvalue weighted by Gasteiger charge is 2.13. The molecule has 1 rings (SSSR count). The molecule has 1 N–H and O–H groups in total. The van der Waals surface area contributed by atoms with E-state index in [1.165, 1.54) is 6.07 Å². The van der Waals surface area contributed by atoms with Gasteiger partial charge < -0.3 is 14.8 Å². The molecule has 1 unspecified atom stereocenters. The number of hydrogen-bond acceptors (Lipinski definition) is 3. The lowest BCUT2D eigenvalue weighted by Gasteiger charge is -2.20. The van der Waals surface area contributed by atoms with E-state index in [0.717, 1.165) is 24.1 Å². The van der Waals surface area contributed by atoms with Crippen molar-refractivity contribution in [2.45, 2.75) is 26.3 Å². The molecule has 1 atom stereocenters. The summed E-state index contributed by atoms with van der Waals surface area (Å²) in [7, 11) is 1.66. The van der Waals surface area contributed by atoms with Crippen LogP contribution in [0.1, 0.15) is 30.5 Å². The van der Waals surface area contributed by atoms with Gasteiger partial charge >= 0.3 is 0 Å². The first kappa shape index (κ1) is 16.1. The normalized spacial score (nSPS) is 12.6. The molecule has 0 fully saturated rings. The largest absolute Gasteiger partial charge is 0.382 e.